The lowest BCUT2D eigenvalue weighted by Gasteiger charge is -2.18. The summed E-state index contributed by atoms with van der Waals surface area (Å²) in [6.07, 6.45) is 0.384. The minimum absolute atomic E-state index is 0.171. The molecule has 7 nitrogen and oxygen atoms in total. The summed E-state index contributed by atoms with van der Waals surface area (Å²) in [5.41, 5.74) is 1.79. The third kappa shape index (κ3) is 4.75. The van der Waals surface area contributed by atoms with Crippen molar-refractivity contribution in [3.8, 4) is 0 Å². The SMILES string of the molecule is O=C(C[C@H]1NC(=O)N(CCc2ccccc2)C1=O)N[C@H](CO)c1ccccc1. The summed E-state index contributed by atoms with van der Waals surface area (Å²) in [6.45, 7) is 0.00000555. The first kappa shape index (κ1) is 19.6. The summed E-state index contributed by atoms with van der Waals surface area (Å²) in [6, 6.07) is 16.7. The number of benzene rings is 2. The smallest absolute Gasteiger partial charge is 0.324 e. The van der Waals surface area contributed by atoms with Gasteiger partial charge in [0.05, 0.1) is 19.1 Å². The Bertz CT molecular complexity index is 826. The molecule has 2 aromatic rings. The van der Waals surface area contributed by atoms with Crippen molar-refractivity contribution in [3.05, 3.63) is 71.8 Å². The fourth-order valence-corrected chi connectivity index (χ4v) is 3.17. The van der Waals surface area contributed by atoms with Crippen molar-refractivity contribution >= 4 is 17.8 Å². The Morgan fingerprint density at radius 1 is 1.07 bits per heavy atom. The molecule has 0 unspecified atom stereocenters. The molecular formula is C21H23N3O4. The van der Waals surface area contributed by atoms with Crippen molar-refractivity contribution in [2.24, 2.45) is 0 Å². The summed E-state index contributed by atoms with van der Waals surface area (Å²) in [5, 5.41) is 14.8. The molecule has 0 radical (unpaired) electrons. The maximum absolute atomic E-state index is 12.5. The average molecular weight is 381 g/mol. The van der Waals surface area contributed by atoms with Crippen LogP contribution in [-0.4, -0.2) is 47.0 Å². The number of carbonyl (C=O) groups excluding carboxylic acids is 3. The highest BCUT2D eigenvalue weighted by molar-refractivity contribution is 6.05. The van der Waals surface area contributed by atoms with E-state index >= 15 is 0 Å². The van der Waals surface area contributed by atoms with Crippen molar-refractivity contribution in [1.82, 2.24) is 15.5 Å². The van der Waals surface area contributed by atoms with E-state index in [1.165, 1.54) is 0 Å². The third-order valence-electron chi connectivity index (χ3n) is 4.68. The lowest BCUT2D eigenvalue weighted by molar-refractivity contribution is -0.131. The molecule has 3 N–H and O–H groups in total. The van der Waals surface area contributed by atoms with Gasteiger partial charge in [0.15, 0.2) is 0 Å². The quantitative estimate of drug-likeness (QED) is 0.602. The number of amides is 4. The first-order valence-electron chi connectivity index (χ1n) is 9.19. The summed E-state index contributed by atoms with van der Waals surface area (Å²) in [5.74, 6) is -0.817. The number of aliphatic hydroxyl groups excluding tert-OH is 1. The molecule has 3 rings (SSSR count). The standard InChI is InChI=1S/C21H23N3O4/c25-14-18(16-9-5-2-6-10-16)22-19(26)13-17-20(27)24(21(28)23-17)12-11-15-7-3-1-4-8-15/h1-10,17-18,25H,11-14H2,(H,22,26)(H,23,28)/t17-,18-/m1/s1. The molecule has 2 atom stereocenters. The number of carbonyl (C=O) groups is 3. The van der Waals surface area contributed by atoms with Gasteiger partial charge in [-0.1, -0.05) is 60.7 Å². The Labute approximate surface area is 163 Å². The zero-order chi connectivity index (χ0) is 19.9. The Kier molecular flexibility index (Phi) is 6.39. The lowest BCUT2D eigenvalue weighted by Crippen LogP contribution is -2.38. The molecule has 0 aliphatic carbocycles. The molecular weight excluding hydrogens is 358 g/mol. The van der Waals surface area contributed by atoms with Crippen LogP contribution in [0.15, 0.2) is 60.7 Å². The maximum atomic E-state index is 12.5. The largest absolute Gasteiger partial charge is 0.394 e. The highest BCUT2D eigenvalue weighted by Gasteiger charge is 2.38. The number of nitrogens with one attached hydrogen (secondary N) is 2. The fraction of sp³-hybridized carbons (Fsp3) is 0.286. The number of rotatable bonds is 8. The lowest BCUT2D eigenvalue weighted by atomic mass is 10.1. The molecule has 7 heteroatoms. The Balaban J connectivity index is 1.55. The molecule has 1 heterocycles. The Hall–Kier alpha value is -3.19. The van der Waals surface area contributed by atoms with Gasteiger partial charge in [-0.3, -0.25) is 14.5 Å². The van der Waals surface area contributed by atoms with Gasteiger partial charge >= 0.3 is 6.03 Å². The molecule has 4 amide bonds. The van der Waals surface area contributed by atoms with Crippen LogP contribution in [0.25, 0.3) is 0 Å². The number of imide groups is 1. The van der Waals surface area contributed by atoms with Gasteiger partial charge in [-0.25, -0.2) is 4.79 Å². The van der Waals surface area contributed by atoms with E-state index in [1.54, 1.807) is 12.1 Å². The van der Waals surface area contributed by atoms with E-state index in [0.29, 0.717) is 6.42 Å². The van der Waals surface area contributed by atoms with Crippen LogP contribution in [0.1, 0.15) is 23.6 Å². The topological polar surface area (TPSA) is 98.7 Å². The number of hydrogen-bond acceptors (Lipinski definition) is 4. The van der Waals surface area contributed by atoms with Gasteiger partial charge < -0.3 is 15.7 Å². The predicted molar refractivity (Wildman–Crippen MR) is 103 cm³/mol. The summed E-state index contributed by atoms with van der Waals surface area (Å²) in [7, 11) is 0. The first-order chi connectivity index (χ1) is 13.6. The zero-order valence-electron chi connectivity index (χ0n) is 15.4. The maximum Gasteiger partial charge on any atom is 0.324 e. The summed E-state index contributed by atoms with van der Waals surface area (Å²) >= 11 is 0. The minimum Gasteiger partial charge on any atom is -0.394 e. The van der Waals surface area contributed by atoms with Crippen molar-refractivity contribution < 1.29 is 19.5 Å². The van der Waals surface area contributed by atoms with Crippen molar-refractivity contribution in [2.45, 2.75) is 24.9 Å². The third-order valence-corrected chi connectivity index (χ3v) is 4.68. The molecule has 1 aliphatic rings. The van der Waals surface area contributed by atoms with E-state index in [0.717, 1.165) is 16.0 Å². The average Bonchev–Trinajstić information content (AvgIpc) is 2.98. The number of urea groups is 1. The van der Waals surface area contributed by atoms with E-state index in [9.17, 15) is 19.5 Å². The molecule has 28 heavy (non-hydrogen) atoms. The molecule has 1 aliphatic heterocycles. The van der Waals surface area contributed by atoms with Gasteiger partial charge in [0.2, 0.25) is 5.91 Å². The normalized spacial score (nSPS) is 17.3. The number of hydrogen-bond donors (Lipinski definition) is 3. The van der Waals surface area contributed by atoms with Gasteiger partial charge in [-0.15, -0.1) is 0 Å². The molecule has 2 aromatic carbocycles. The summed E-state index contributed by atoms with van der Waals surface area (Å²) in [4.78, 5) is 38.1. The van der Waals surface area contributed by atoms with Crippen molar-refractivity contribution in [1.29, 1.82) is 0 Å². The van der Waals surface area contributed by atoms with Crippen LogP contribution in [0.3, 0.4) is 0 Å². The van der Waals surface area contributed by atoms with E-state index in [-0.39, 0.29) is 19.6 Å². The van der Waals surface area contributed by atoms with Crippen LogP contribution in [0.5, 0.6) is 0 Å². The molecule has 0 aromatic heterocycles. The van der Waals surface area contributed by atoms with E-state index in [1.807, 2.05) is 48.5 Å². The fourth-order valence-electron chi connectivity index (χ4n) is 3.17. The van der Waals surface area contributed by atoms with Crippen LogP contribution in [0.2, 0.25) is 0 Å². The summed E-state index contributed by atoms with van der Waals surface area (Å²) < 4.78 is 0. The number of aliphatic hydroxyl groups is 1. The molecule has 1 fully saturated rings. The first-order valence-corrected chi connectivity index (χ1v) is 9.19. The van der Waals surface area contributed by atoms with Gasteiger partial charge in [0, 0.05) is 6.54 Å². The second-order valence-electron chi connectivity index (χ2n) is 6.65. The van der Waals surface area contributed by atoms with Crippen LogP contribution < -0.4 is 10.6 Å². The van der Waals surface area contributed by atoms with Crippen LogP contribution in [-0.2, 0) is 16.0 Å². The molecule has 0 saturated carbocycles. The minimum atomic E-state index is -0.890. The zero-order valence-corrected chi connectivity index (χ0v) is 15.4. The molecule has 1 saturated heterocycles. The second-order valence-corrected chi connectivity index (χ2v) is 6.65. The monoisotopic (exact) mass is 381 g/mol. The van der Waals surface area contributed by atoms with E-state index in [4.69, 9.17) is 0 Å². The van der Waals surface area contributed by atoms with Crippen molar-refractivity contribution in [2.75, 3.05) is 13.2 Å². The number of nitrogens with zero attached hydrogens (tertiary/aromatic N) is 1. The highest BCUT2D eigenvalue weighted by atomic mass is 16.3. The second kappa shape index (κ2) is 9.14. The van der Waals surface area contributed by atoms with Gasteiger partial charge in [0.1, 0.15) is 6.04 Å². The van der Waals surface area contributed by atoms with Gasteiger partial charge in [0.25, 0.3) is 5.91 Å². The van der Waals surface area contributed by atoms with Gasteiger partial charge in [-0.05, 0) is 17.5 Å². The molecule has 146 valence electrons. The van der Waals surface area contributed by atoms with Crippen LogP contribution in [0.4, 0.5) is 4.79 Å². The Morgan fingerprint density at radius 2 is 1.71 bits per heavy atom. The predicted octanol–water partition coefficient (Wildman–Crippen LogP) is 1.39. The van der Waals surface area contributed by atoms with Gasteiger partial charge in [-0.2, -0.15) is 0 Å². The van der Waals surface area contributed by atoms with E-state index in [2.05, 4.69) is 10.6 Å². The molecule has 0 spiro atoms. The Morgan fingerprint density at radius 3 is 2.36 bits per heavy atom. The highest BCUT2D eigenvalue weighted by Crippen LogP contribution is 2.14. The van der Waals surface area contributed by atoms with E-state index < -0.39 is 29.9 Å². The molecule has 0 bridgehead atoms. The van der Waals surface area contributed by atoms with Crippen molar-refractivity contribution in [3.63, 3.8) is 0 Å². The van der Waals surface area contributed by atoms with Crippen LogP contribution in [0, 0.1) is 0 Å². The van der Waals surface area contributed by atoms with Crippen LogP contribution >= 0.6 is 0 Å².